The molecule has 2 amide bonds. The lowest BCUT2D eigenvalue weighted by atomic mass is 10.3. The van der Waals surface area contributed by atoms with Crippen molar-refractivity contribution in [3.05, 3.63) is 36.5 Å². The summed E-state index contributed by atoms with van der Waals surface area (Å²) in [6.45, 7) is 0. The molecular weight excluding hydrogens is 282 g/mol. The van der Waals surface area contributed by atoms with Crippen LogP contribution in [0.5, 0.6) is 0 Å². The molecule has 0 aliphatic rings. The van der Waals surface area contributed by atoms with E-state index in [4.69, 9.17) is 5.14 Å². The Morgan fingerprint density at radius 1 is 1.25 bits per heavy atom. The van der Waals surface area contributed by atoms with Crippen LogP contribution in [0.15, 0.2) is 41.4 Å². The van der Waals surface area contributed by atoms with Gasteiger partial charge in [-0.2, -0.15) is 5.10 Å². The van der Waals surface area contributed by atoms with Gasteiger partial charge < -0.3 is 5.32 Å². The van der Waals surface area contributed by atoms with Gasteiger partial charge in [0.15, 0.2) is 5.82 Å². The molecule has 8 nitrogen and oxygen atoms in total. The van der Waals surface area contributed by atoms with Crippen LogP contribution in [0.1, 0.15) is 0 Å². The van der Waals surface area contributed by atoms with Gasteiger partial charge in [-0.1, -0.05) is 18.2 Å². The number of primary sulfonamides is 1. The van der Waals surface area contributed by atoms with E-state index in [9.17, 15) is 13.2 Å². The van der Waals surface area contributed by atoms with Gasteiger partial charge in [-0.25, -0.2) is 18.4 Å². The van der Waals surface area contributed by atoms with Crippen molar-refractivity contribution in [3.63, 3.8) is 0 Å². The monoisotopic (exact) mass is 295 g/mol. The van der Waals surface area contributed by atoms with Crippen molar-refractivity contribution in [2.24, 2.45) is 12.2 Å². The van der Waals surface area contributed by atoms with E-state index in [0.717, 1.165) is 0 Å². The summed E-state index contributed by atoms with van der Waals surface area (Å²) in [4.78, 5) is 11.5. The summed E-state index contributed by atoms with van der Waals surface area (Å²) in [6, 6.07) is 8.09. The number of rotatable bonds is 3. The van der Waals surface area contributed by atoms with Gasteiger partial charge in [0.25, 0.3) is 0 Å². The number of nitrogens with one attached hydrogen (secondary N) is 2. The summed E-state index contributed by atoms with van der Waals surface area (Å²) in [5, 5.41) is 13.8. The van der Waals surface area contributed by atoms with Crippen LogP contribution < -0.4 is 15.8 Å². The van der Waals surface area contributed by atoms with Crippen molar-refractivity contribution in [1.82, 2.24) is 9.78 Å². The summed E-state index contributed by atoms with van der Waals surface area (Å²) in [7, 11) is -2.43. The second kappa shape index (κ2) is 5.31. The predicted molar refractivity (Wildman–Crippen MR) is 73.7 cm³/mol. The summed E-state index contributed by atoms with van der Waals surface area (Å²) in [5.74, 6) is -0.122. The van der Waals surface area contributed by atoms with E-state index in [1.165, 1.54) is 17.9 Å². The molecule has 106 valence electrons. The van der Waals surface area contributed by atoms with E-state index in [1.807, 2.05) is 0 Å². The third-order valence-corrected chi connectivity index (χ3v) is 3.28. The van der Waals surface area contributed by atoms with Gasteiger partial charge in [0, 0.05) is 18.9 Å². The normalized spacial score (nSPS) is 11.1. The average molecular weight is 295 g/mol. The number of hydrogen-bond donors (Lipinski definition) is 3. The Bertz CT molecular complexity index is 724. The molecule has 4 N–H and O–H groups in total. The van der Waals surface area contributed by atoms with Crippen molar-refractivity contribution >= 4 is 27.6 Å². The Hall–Kier alpha value is -2.39. The molecule has 2 rings (SSSR count). The molecule has 0 saturated carbocycles. The molecule has 0 saturated heterocycles. The number of anilines is 2. The maximum Gasteiger partial charge on any atom is 0.324 e. The van der Waals surface area contributed by atoms with E-state index in [-0.39, 0.29) is 10.7 Å². The Kier molecular flexibility index (Phi) is 3.72. The summed E-state index contributed by atoms with van der Waals surface area (Å²) in [5.41, 5.74) is 0.568. The summed E-state index contributed by atoms with van der Waals surface area (Å²) < 4.78 is 24.0. The second-order valence-electron chi connectivity index (χ2n) is 4.01. The number of sulfonamides is 1. The van der Waals surface area contributed by atoms with Crippen molar-refractivity contribution < 1.29 is 13.2 Å². The number of hydrogen-bond acceptors (Lipinski definition) is 4. The van der Waals surface area contributed by atoms with Crippen molar-refractivity contribution in [1.29, 1.82) is 0 Å². The SMILES string of the molecule is Cn1cc(S(N)(=O)=O)c(NC(=O)Nc2ccccc2)n1. The van der Waals surface area contributed by atoms with Crippen LogP contribution in [-0.2, 0) is 17.1 Å². The van der Waals surface area contributed by atoms with E-state index in [0.29, 0.717) is 5.69 Å². The highest BCUT2D eigenvalue weighted by molar-refractivity contribution is 7.89. The van der Waals surface area contributed by atoms with Crippen LogP contribution >= 0.6 is 0 Å². The number of urea groups is 1. The number of benzene rings is 1. The molecule has 20 heavy (non-hydrogen) atoms. The zero-order valence-corrected chi connectivity index (χ0v) is 11.4. The van der Waals surface area contributed by atoms with Crippen LogP contribution in [0.3, 0.4) is 0 Å². The topological polar surface area (TPSA) is 119 Å². The van der Waals surface area contributed by atoms with Crippen LogP contribution in [0.25, 0.3) is 0 Å². The fourth-order valence-electron chi connectivity index (χ4n) is 1.55. The molecule has 1 aromatic heterocycles. The maximum atomic E-state index is 11.8. The predicted octanol–water partition coefficient (Wildman–Crippen LogP) is 0.712. The first-order valence-corrected chi connectivity index (χ1v) is 7.10. The van der Waals surface area contributed by atoms with E-state index < -0.39 is 16.1 Å². The molecule has 2 aromatic rings. The largest absolute Gasteiger partial charge is 0.324 e. The zero-order chi connectivity index (χ0) is 14.8. The smallest absolute Gasteiger partial charge is 0.308 e. The molecule has 0 bridgehead atoms. The molecule has 0 spiro atoms. The van der Waals surface area contributed by atoms with E-state index in [2.05, 4.69) is 15.7 Å². The van der Waals surface area contributed by atoms with Crippen molar-refractivity contribution in [2.75, 3.05) is 10.6 Å². The molecule has 0 aliphatic heterocycles. The number of amides is 2. The Morgan fingerprint density at radius 3 is 2.50 bits per heavy atom. The fraction of sp³-hybridized carbons (Fsp3) is 0.0909. The Labute approximate surface area is 115 Å². The minimum atomic E-state index is -3.96. The number of nitrogens with two attached hydrogens (primary N) is 1. The van der Waals surface area contributed by atoms with Gasteiger partial charge in [-0.05, 0) is 12.1 Å². The standard InChI is InChI=1S/C11H13N5O3S/c1-16-7-9(20(12,18)19)10(15-16)14-11(17)13-8-5-3-2-4-6-8/h2-7H,1H3,(H2,12,18,19)(H2,13,14,15,17). The third-order valence-electron chi connectivity index (χ3n) is 2.37. The number of para-hydroxylation sites is 1. The zero-order valence-electron chi connectivity index (χ0n) is 10.6. The number of aromatic nitrogens is 2. The molecule has 1 heterocycles. The summed E-state index contributed by atoms with van der Waals surface area (Å²) >= 11 is 0. The van der Waals surface area contributed by atoms with Crippen molar-refractivity contribution in [3.8, 4) is 0 Å². The highest BCUT2D eigenvalue weighted by atomic mass is 32.2. The van der Waals surface area contributed by atoms with Crippen LogP contribution in [0.4, 0.5) is 16.3 Å². The average Bonchev–Trinajstić information content (AvgIpc) is 2.71. The molecule has 1 aromatic carbocycles. The second-order valence-corrected chi connectivity index (χ2v) is 5.54. The number of carbonyl (C=O) groups excluding carboxylic acids is 1. The minimum Gasteiger partial charge on any atom is -0.308 e. The van der Waals surface area contributed by atoms with Gasteiger partial charge in [0.2, 0.25) is 10.0 Å². The Balaban J connectivity index is 2.17. The van der Waals surface area contributed by atoms with E-state index in [1.54, 1.807) is 30.3 Å². The fourth-order valence-corrected chi connectivity index (χ4v) is 2.21. The molecule has 0 fully saturated rings. The quantitative estimate of drug-likeness (QED) is 0.772. The molecule has 9 heteroatoms. The lowest BCUT2D eigenvalue weighted by Crippen LogP contribution is -2.22. The molecule has 0 aliphatic carbocycles. The van der Waals surface area contributed by atoms with Gasteiger partial charge in [0.05, 0.1) is 0 Å². The summed E-state index contributed by atoms with van der Waals surface area (Å²) in [6.07, 6.45) is 1.22. The maximum absolute atomic E-state index is 11.8. The first-order valence-electron chi connectivity index (χ1n) is 5.56. The lowest BCUT2D eigenvalue weighted by molar-refractivity contribution is 0.262. The first-order chi connectivity index (χ1) is 9.36. The highest BCUT2D eigenvalue weighted by Crippen LogP contribution is 2.17. The molecule has 0 radical (unpaired) electrons. The lowest BCUT2D eigenvalue weighted by Gasteiger charge is -2.06. The third kappa shape index (κ3) is 3.33. The Morgan fingerprint density at radius 2 is 1.90 bits per heavy atom. The van der Waals surface area contributed by atoms with Crippen LogP contribution in [0, 0.1) is 0 Å². The van der Waals surface area contributed by atoms with Gasteiger partial charge in [0.1, 0.15) is 4.90 Å². The number of aryl methyl sites for hydroxylation is 1. The van der Waals surface area contributed by atoms with Crippen LogP contribution in [0.2, 0.25) is 0 Å². The van der Waals surface area contributed by atoms with E-state index >= 15 is 0 Å². The van der Waals surface area contributed by atoms with Gasteiger partial charge in [-0.15, -0.1) is 0 Å². The van der Waals surface area contributed by atoms with Crippen LogP contribution in [-0.4, -0.2) is 24.2 Å². The highest BCUT2D eigenvalue weighted by Gasteiger charge is 2.19. The van der Waals surface area contributed by atoms with Gasteiger partial charge >= 0.3 is 6.03 Å². The van der Waals surface area contributed by atoms with Crippen molar-refractivity contribution in [2.45, 2.75) is 4.90 Å². The molecular formula is C11H13N5O3S. The van der Waals surface area contributed by atoms with Gasteiger partial charge in [-0.3, -0.25) is 10.00 Å². The number of carbonyl (C=O) groups is 1. The first kappa shape index (κ1) is 14.0. The number of nitrogens with zero attached hydrogens (tertiary/aromatic N) is 2. The molecule has 0 unspecified atom stereocenters. The minimum absolute atomic E-state index is 0.122. The molecule has 0 atom stereocenters.